The second-order valence-corrected chi connectivity index (χ2v) is 7.33. The van der Waals surface area contributed by atoms with Crippen molar-refractivity contribution in [2.24, 2.45) is 0 Å². The lowest BCUT2D eigenvalue weighted by molar-refractivity contribution is 0.399. The molecular weight excluding hydrogens is 308 g/mol. The molecule has 0 aliphatic rings. The Bertz CT molecular complexity index is 646. The molecule has 0 saturated carbocycles. The van der Waals surface area contributed by atoms with Gasteiger partial charge in [0.25, 0.3) is 0 Å². The molecule has 0 aliphatic carbocycles. The molecule has 25 heavy (non-hydrogen) atoms. The van der Waals surface area contributed by atoms with Crippen molar-refractivity contribution in [3.8, 4) is 11.5 Å². The van der Waals surface area contributed by atoms with Crippen LogP contribution in [0, 0.1) is 13.8 Å². The molecule has 0 amide bonds. The highest BCUT2D eigenvalue weighted by molar-refractivity contribution is 5.52. The van der Waals surface area contributed by atoms with Gasteiger partial charge in [-0.05, 0) is 90.8 Å². The van der Waals surface area contributed by atoms with Crippen LogP contribution in [0.1, 0.15) is 70.1 Å². The van der Waals surface area contributed by atoms with Crippen molar-refractivity contribution in [3.63, 3.8) is 0 Å². The number of rotatable bonds is 8. The monoisotopic (exact) mass is 342 g/mol. The van der Waals surface area contributed by atoms with Gasteiger partial charge in [0, 0.05) is 5.56 Å². The van der Waals surface area contributed by atoms with Gasteiger partial charge in [-0.3, -0.25) is 0 Å². The average Bonchev–Trinajstić information content (AvgIpc) is 2.52. The Kier molecular flexibility index (Phi) is 8.54. The van der Waals surface area contributed by atoms with E-state index in [-0.39, 0.29) is 11.5 Å². The van der Waals surface area contributed by atoms with Gasteiger partial charge in [0.1, 0.15) is 0 Å². The first-order valence-corrected chi connectivity index (χ1v) is 9.18. The van der Waals surface area contributed by atoms with Gasteiger partial charge in [-0.25, -0.2) is 0 Å². The van der Waals surface area contributed by atoms with Crippen LogP contribution in [0.3, 0.4) is 0 Å². The molecule has 2 heteroatoms. The van der Waals surface area contributed by atoms with Crippen LogP contribution in [-0.2, 0) is 6.42 Å². The predicted octanol–water partition coefficient (Wildman–Crippen LogP) is 6.68. The molecular formula is C23H34O2. The molecule has 0 bridgehead atoms. The first-order chi connectivity index (χ1) is 11.7. The van der Waals surface area contributed by atoms with E-state index < -0.39 is 0 Å². The van der Waals surface area contributed by atoms with E-state index in [0.29, 0.717) is 6.42 Å². The summed E-state index contributed by atoms with van der Waals surface area (Å²) in [4.78, 5) is 0. The summed E-state index contributed by atoms with van der Waals surface area (Å²) in [6, 6.07) is 1.62. The highest BCUT2D eigenvalue weighted by Crippen LogP contribution is 2.34. The molecule has 0 spiro atoms. The third-order valence-corrected chi connectivity index (χ3v) is 4.70. The number of aromatic hydroxyl groups is 2. The van der Waals surface area contributed by atoms with E-state index in [0.717, 1.165) is 42.4 Å². The SMILES string of the molecule is CC(C)=CCCC(C)=CCCC(C)=CCc1c(C)c(C)cc(O)c1O. The van der Waals surface area contributed by atoms with Gasteiger partial charge in [0.05, 0.1) is 0 Å². The zero-order valence-electron chi connectivity index (χ0n) is 16.7. The van der Waals surface area contributed by atoms with Gasteiger partial charge >= 0.3 is 0 Å². The van der Waals surface area contributed by atoms with Gasteiger partial charge in [-0.1, -0.05) is 34.9 Å². The number of aryl methyl sites for hydroxylation is 1. The second-order valence-electron chi connectivity index (χ2n) is 7.33. The maximum atomic E-state index is 10.1. The predicted molar refractivity (Wildman–Crippen MR) is 108 cm³/mol. The van der Waals surface area contributed by atoms with E-state index in [1.165, 1.54) is 16.7 Å². The summed E-state index contributed by atoms with van der Waals surface area (Å²) in [5.41, 5.74) is 7.02. The summed E-state index contributed by atoms with van der Waals surface area (Å²) in [5, 5.41) is 19.9. The molecule has 0 saturated heterocycles. The molecule has 1 aromatic carbocycles. The first-order valence-electron chi connectivity index (χ1n) is 9.18. The van der Waals surface area contributed by atoms with Crippen LogP contribution < -0.4 is 0 Å². The standard InChI is InChI=1S/C23H34O2/c1-16(2)9-7-10-17(3)11-8-12-18(4)13-14-21-20(6)19(5)15-22(24)23(21)25/h9,11,13,15,24-25H,7-8,10,12,14H2,1-6H3. The summed E-state index contributed by atoms with van der Waals surface area (Å²) < 4.78 is 0. The van der Waals surface area contributed by atoms with Crippen molar-refractivity contribution in [1.29, 1.82) is 0 Å². The Morgan fingerprint density at radius 2 is 1.44 bits per heavy atom. The fraction of sp³-hybridized carbons (Fsp3) is 0.478. The third kappa shape index (κ3) is 7.21. The molecule has 0 aromatic heterocycles. The van der Waals surface area contributed by atoms with Gasteiger partial charge in [0.2, 0.25) is 0 Å². The lowest BCUT2D eigenvalue weighted by Gasteiger charge is -2.11. The highest BCUT2D eigenvalue weighted by Gasteiger charge is 2.11. The van der Waals surface area contributed by atoms with Crippen molar-refractivity contribution < 1.29 is 10.2 Å². The smallest absolute Gasteiger partial charge is 0.161 e. The molecule has 0 unspecified atom stereocenters. The van der Waals surface area contributed by atoms with Gasteiger partial charge < -0.3 is 10.2 Å². The molecule has 0 heterocycles. The fourth-order valence-corrected chi connectivity index (χ4v) is 2.82. The molecule has 1 aromatic rings. The molecule has 0 atom stereocenters. The van der Waals surface area contributed by atoms with E-state index in [9.17, 15) is 10.2 Å². The first kappa shape index (κ1) is 21.1. The minimum Gasteiger partial charge on any atom is -0.504 e. The molecule has 1 rings (SSSR count). The zero-order chi connectivity index (χ0) is 19.0. The Balaban J connectivity index is 2.59. The normalized spacial score (nSPS) is 12.4. The van der Waals surface area contributed by atoms with Crippen LogP contribution in [0.5, 0.6) is 11.5 Å². The van der Waals surface area contributed by atoms with Crippen molar-refractivity contribution in [2.75, 3.05) is 0 Å². The van der Waals surface area contributed by atoms with E-state index in [1.807, 2.05) is 13.8 Å². The zero-order valence-corrected chi connectivity index (χ0v) is 16.7. The molecule has 138 valence electrons. The van der Waals surface area contributed by atoms with Crippen molar-refractivity contribution in [1.82, 2.24) is 0 Å². The van der Waals surface area contributed by atoms with Crippen LogP contribution in [0.4, 0.5) is 0 Å². The Hall–Kier alpha value is -1.96. The van der Waals surface area contributed by atoms with Crippen LogP contribution in [0.25, 0.3) is 0 Å². The van der Waals surface area contributed by atoms with Crippen LogP contribution in [0.2, 0.25) is 0 Å². The number of phenols is 2. The van der Waals surface area contributed by atoms with Crippen molar-refractivity contribution in [2.45, 2.75) is 73.6 Å². The quantitative estimate of drug-likeness (QED) is 0.409. The Morgan fingerprint density at radius 3 is 2.04 bits per heavy atom. The number of hydrogen-bond donors (Lipinski definition) is 2. The maximum Gasteiger partial charge on any atom is 0.161 e. The summed E-state index contributed by atoms with van der Waals surface area (Å²) in [6.45, 7) is 12.6. The fourth-order valence-electron chi connectivity index (χ4n) is 2.82. The molecule has 0 radical (unpaired) electrons. The van der Waals surface area contributed by atoms with Gasteiger partial charge in [-0.15, -0.1) is 0 Å². The van der Waals surface area contributed by atoms with Crippen molar-refractivity contribution >= 4 is 0 Å². The average molecular weight is 343 g/mol. The number of phenolic OH excluding ortho intramolecular Hbond substituents is 2. The minimum absolute atomic E-state index is 0.0159. The molecule has 0 fully saturated rings. The summed E-state index contributed by atoms with van der Waals surface area (Å²) in [6.07, 6.45) is 11.8. The lowest BCUT2D eigenvalue weighted by atomic mass is 9.97. The van der Waals surface area contributed by atoms with E-state index in [4.69, 9.17) is 0 Å². The number of benzene rings is 1. The third-order valence-electron chi connectivity index (χ3n) is 4.70. The summed E-state index contributed by atoms with van der Waals surface area (Å²) >= 11 is 0. The largest absolute Gasteiger partial charge is 0.504 e. The number of allylic oxidation sites excluding steroid dienone is 6. The molecule has 2 N–H and O–H groups in total. The highest BCUT2D eigenvalue weighted by atomic mass is 16.3. The maximum absolute atomic E-state index is 10.1. The van der Waals surface area contributed by atoms with Gasteiger partial charge in [0.15, 0.2) is 11.5 Å². The van der Waals surface area contributed by atoms with Crippen LogP contribution in [-0.4, -0.2) is 10.2 Å². The van der Waals surface area contributed by atoms with E-state index in [1.54, 1.807) is 6.07 Å². The summed E-state index contributed by atoms with van der Waals surface area (Å²) in [5.74, 6) is -0.0127. The number of hydrogen-bond acceptors (Lipinski definition) is 2. The van der Waals surface area contributed by atoms with Crippen LogP contribution >= 0.6 is 0 Å². The van der Waals surface area contributed by atoms with E-state index in [2.05, 4.69) is 45.9 Å². The lowest BCUT2D eigenvalue weighted by Crippen LogP contribution is -1.93. The van der Waals surface area contributed by atoms with Gasteiger partial charge in [-0.2, -0.15) is 0 Å². The minimum atomic E-state index is -0.0286. The van der Waals surface area contributed by atoms with E-state index >= 15 is 0 Å². The topological polar surface area (TPSA) is 40.5 Å². The summed E-state index contributed by atoms with van der Waals surface area (Å²) in [7, 11) is 0. The van der Waals surface area contributed by atoms with Crippen LogP contribution in [0.15, 0.2) is 41.0 Å². The molecule has 2 nitrogen and oxygen atoms in total. The van der Waals surface area contributed by atoms with Crippen molar-refractivity contribution in [3.05, 3.63) is 57.7 Å². The Morgan fingerprint density at radius 1 is 0.880 bits per heavy atom. The second kappa shape index (κ2) is 10.1. The Labute approximate surface area is 153 Å². The molecule has 0 aliphatic heterocycles.